The van der Waals surface area contributed by atoms with Crippen LogP contribution in [0.25, 0.3) is 11.1 Å². The fourth-order valence-corrected chi connectivity index (χ4v) is 2.57. The highest BCUT2D eigenvalue weighted by Gasteiger charge is 2.04. The lowest BCUT2D eigenvalue weighted by Crippen LogP contribution is -2.28. The monoisotopic (exact) mass is 267 g/mol. The Labute approximate surface area is 123 Å². The Bertz CT molecular complexity index is 487. The molecule has 0 fully saturated rings. The van der Waals surface area contributed by atoms with Crippen LogP contribution in [-0.2, 0) is 6.42 Å². The summed E-state index contributed by atoms with van der Waals surface area (Å²) in [5.41, 5.74) is 4.02. The third-order valence-electron chi connectivity index (χ3n) is 3.83. The summed E-state index contributed by atoms with van der Waals surface area (Å²) < 4.78 is 0. The van der Waals surface area contributed by atoms with Crippen molar-refractivity contribution in [1.29, 1.82) is 0 Å². The number of benzene rings is 2. The van der Waals surface area contributed by atoms with E-state index in [0.29, 0.717) is 6.04 Å². The fraction of sp³-hybridized carbons (Fsp3) is 0.368. The molecule has 1 unspecified atom stereocenters. The van der Waals surface area contributed by atoms with E-state index >= 15 is 0 Å². The molecule has 1 heteroatoms. The first-order valence-corrected chi connectivity index (χ1v) is 7.71. The molecule has 0 saturated heterocycles. The molecule has 0 radical (unpaired) electrons. The van der Waals surface area contributed by atoms with E-state index in [9.17, 15) is 0 Å². The van der Waals surface area contributed by atoms with E-state index in [1.165, 1.54) is 29.5 Å². The molecule has 20 heavy (non-hydrogen) atoms. The van der Waals surface area contributed by atoms with Gasteiger partial charge in [-0.25, -0.2) is 0 Å². The van der Waals surface area contributed by atoms with Crippen molar-refractivity contribution >= 4 is 0 Å². The summed E-state index contributed by atoms with van der Waals surface area (Å²) in [5.74, 6) is 0. The van der Waals surface area contributed by atoms with Crippen LogP contribution in [0.4, 0.5) is 0 Å². The van der Waals surface area contributed by atoms with Crippen molar-refractivity contribution in [1.82, 2.24) is 5.32 Å². The molecule has 0 aliphatic rings. The van der Waals surface area contributed by atoms with Gasteiger partial charge in [0.2, 0.25) is 0 Å². The Morgan fingerprint density at radius 2 is 1.50 bits per heavy atom. The van der Waals surface area contributed by atoms with Crippen LogP contribution >= 0.6 is 0 Å². The molecule has 1 nitrogen and oxygen atoms in total. The molecule has 106 valence electrons. The number of hydrogen-bond acceptors (Lipinski definition) is 1. The summed E-state index contributed by atoms with van der Waals surface area (Å²) in [6, 6.07) is 20.2. The van der Waals surface area contributed by atoms with Crippen LogP contribution in [0.3, 0.4) is 0 Å². The van der Waals surface area contributed by atoms with Crippen LogP contribution in [-0.4, -0.2) is 12.6 Å². The molecule has 2 aromatic carbocycles. The molecule has 0 aromatic heterocycles. The minimum absolute atomic E-state index is 0.647. The Balaban J connectivity index is 1.95. The van der Waals surface area contributed by atoms with E-state index in [-0.39, 0.29) is 0 Å². The Morgan fingerprint density at radius 1 is 0.850 bits per heavy atom. The van der Waals surface area contributed by atoms with E-state index in [4.69, 9.17) is 0 Å². The molecular formula is C19H25N. The van der Waals surface area contributed by atoms with Crippen molar-refractivity contribution in [2.45, 2.75) is 39.2 Å². The fourth-order valence-electron chi connectivity index (χ4n) is 2.57. The molecule has 0 aliphatic heterocycles. The molecule has 0 heterocycles. The van der Waals surface area contributed by atoms with Gasteiger partial charge in [0.05, 0.1) is 0 Å². The van der Waals surface area contributed by atoms with Crippen molar-refractivity contribution in [3.8, 4) is 11.1 Å². The molecule has 0 spiro atoms. The zero-order chi connectivity index (χ0) is 14.2. The largest absolute Gasteiger partial charge is 0.314 e. The zero-order valence-corrected chi connectivity index (χ0v) is 12.6. The second kappa shape index (κ2) is 7.86. The highest BCUT2D eigenvalue weighted by molar-refractivity contribution is 5.63. The van der Waals surface area contributed by atoms with Crippen LogP contribution in [0.2, 0.25) is 0 Å². The predicted molar refractivity (Wildman–Crippen MR) is 88.0 cm³/mol. The molecule has 2 aromatic rings. The average Bonchev–Trinajstić information content (AvgIpc) is 2.53. The lowest BCUT2D eigenvalue weighted by molar-refractivity contribution is 0.481. The zero-order valence-electron chi connectivity index (χ0n) is 12.6. The Hall–Kier alpha value is -1.60. The number of aryl methyl sites for hydroxylation is 1. The summed E-state index contributed by atoms with van der Waals surface area (Å²) in [7, 11) is 0. The van der Waals surface area contributed by atoms with Crippen molar-refractivity contribution in [3.05, 3.63) is 60.2 Å². The molecule has 1 atom stereocenters. The van der Waals surface area contributed by atoms with Gasteiger partial charge in [-0.15, -0.1) is 0 Å². The normalized spacial score (nSPS) is 12.3. The van der Waals surface area contributed by atoms with Crippen molar-refractivity contribution < 1.29 is 0 Å². The summed E-state index contributed by atoms with van der Waals surface area (Å²) in [6.07, 6.45) is 3.57. The third-order valence-corrected chi connectivity index (χ3v) is 3.83. The minimum Gasteiger partial charge on any atom is -0.314 e. The average molecular weight is 267 g/mol. The molecule has 0 bridgehead atoms. The first-order chi connectivity index (χ1) is 9.83. The van der Waals surface area contributed by atoms with Gasteiger partial charge in [0.1, 0.15) is 0 Å². The van der Waals surface area contributed by atoms with Crippen LogP contribution in [0.15, 0.2) is 54.6 Å². The van der Waals surface area contributed by atoms with Gasteiger partial charge in [-0.1, -0.05) is 68.4 Å². The van der Waals surface area contributed by atoms with Crippen molar-refractivity contribution in [2.24, 2.45) is 0 Å². The molecule has 0 aliphatic carbocycles. The van der Waals surface area contributed by atoms with Crippen LogP contribution < -0.4 is 5.32 Å². The van der Waals surface area contributed by atoms with Crippen LogP contribution in [0.5, 0.6) is 0 Å². The molecule has 0 amide bonds. The Morgan fingerprint density at radius 3 is 2.10 bits per heavy atom. The quantitative estimate of drug-likeness (QED) is 0.768. The van der Waals surface area contributed by atoms with Gasteiger partial charge in [0, 0.05) is 6.04 Å². The summed E-state index contributed by atoms with van der Waals surface area (Å²) in [5, 5.41) is 3.54. The van der Waals surface area contributed by atoms with E-state index < -0.39 is 0 Å². The first-order valence-electron chi connectivity index (χ1n) is 7.71. The molecule has 1 N–H and O–H groups in total. The highest BCUT2D eigenvalue weighted by Crippen LogP contribution is 2.20. The standard InChI is InChI=1S/C19H25N/c1-3-19(20-4-2)15-12-16-10-13-18(14-11-16)17-8-6-5-7-9-17/h5-11,13-14,19-20H,3-4,12,15H2,1-2H3. The maximum absolute atomic E-state index is 3.54. The van der Waals surface area contributed by atoms with E-state index in [0.717, 1.165) is 13.0 Å². The topological polar surface area (TPSA) is 12.0 Å². The van der Waals surface area contributed by atoms with Gasteiger partial charge in [-0.05, 0) is 42.5 Å². The lowest BCUT2D eigenvalue weighted by atomic mass is 10.00. The van der Waals surface area contributed by atoms with E-state index in [1.54, 1.807) is 0 Å². The van der Waals surface area contributed by atoms with Crippen molar-refractivity contribution in [3.63, 3.8) is 0 Å². The predicted octanol–water partition coefficient (Wildman–Crippen LogP) is 4.67. The van der Waals surface area contributed by atoms with Gasteiger partial charge in [0.25, 0.3) is 0 Å². The maximum atomic E-state index is 3.54. The van der Waals surface area contributed by atoms with Crippen LogP contribution in [0, 0.1) is 0 Å². The van der Waals surface area contributed by atoms with Gasteiger partial charge in [-0.3, -0.25) is 0 Å². The van der Waals surface area contributed by atoms with Gasteiger partial charge in [-0.2, -0.15) is 0 Å². The number of rotatable bonds is 7. The second-order valence-corrected chi connectivity index (χ2v) is 5.26. The SMILES string of the molecule is CCNC(CC)CCc1ccc(-c2ccccc2)cc1. The number of hydrogen-bond donors (Lipinski definition) is 1. The maximum Gasteiger partial charge on any atom is 0.00674 e. The number of nitrogens with one attached hydrogen (secondary N) is 1. The van der Waals surface area contributed by atoms with Crippen molar-refractivity contribution in [2.75, 3.05) is 6.54 Å². The van der Waals surface area contributed by atoms with Crippen LogP contribution in [0.1, 0.15) is 32.3 Å². The van der Waals surface area contributed by atoms with Gasteiger partial charge < -0.3 is 5.32 Å². The molecule has 0 saturated carbocycles. The Kier molecular flexibility index (Phi) is 5.82. The smallest absolute Gasteiger partial charge is 0.00674 e. The summed E-state index contributed by atoms with van der Waals surface area (Å²) in [6.45, 7) is 5.49. The lowest BCUT2D eigenvalue weighted by Gasteiger charge is -2.15. The first kappa shape index (κ1) is 14.8. The minimum atomic E-state index is 0.647. The van der Waals surface area contributed by atoms with E-state index in [1.807, 2.05) is 0 Å². The second-order valence-electron chi connectivity index (χ2n) is 5.26. The molecule has 2 rings (SSSR count). The summed E-state index contributed by atoms with van der Waals surface area (Å²) in [4.78, 5) is 0. The summed E-state index contributed by atoms with van der Waals surface area (Å²) >= 11 is 0. The van der Waals surface area contributed by atoms with Gasteiger partial charge in [0.15, 0.2) is 0 Å². The van der Waals surface area contributed by atoms with E-state index in [2.05, 4.69) is 73.8 Å². The highest BCUT2D eigenvalue weighted by atomic mass is 14.9. The molecular weight excluding hydrogens is 242 g/mol. The van der Waals surface area contributed by atoms with Gasteiger partial charge >= 0.3 is 0 Å². The third kappa shape index (κ3) is 4.21.